The molecule has 7 nitrogen and oxygen atoms in total. The highest BCUT2D eigenvalue weighted by Gasteiger charge is 2.58. The average Bonchev–Trinajstić information content (AvgIpc) is 3.24. The number of phenols is 1. The maximum Gasteiger partial charge on any atom is 0.256 e. The molecule has 0 spiro atoms. The molecule has 6 rings (SSSR count). The van der Waals surface area contributed by atoms with Gasteiger partial charge in [-0.05, 0) is 31.2 Å². The highest BCUT2D eigenvalue weighted by molar-refractivity contribution is 6.21. The van der Waals surface area contributed by atoms with Crippen LogP contribution in [0.4, 0.5) is 0 Å². The molecule has 0 fully saturated rings. The third kappa shape index (κ3) is 2.82. The van der Waals surface area contributed by atoms with Crippen molar-refractivity contribution in [2.75, 3.05) is 13.7 Å². The number of hydrogen-bond donors (Lipinski definition) is 3. The molecule has 0 unspecified atom stereocenters. The summed E-state index contributed by atoms with van der Waals surface area (Å²) in [5.74, 6) is -1.31. The van der Waals surface area contributed by atoms with E-state index in [4.69, 9.17) is 4.74 Å². The lowest BCUT2D eigenvalue weighted by molar-refractivity contribution is -0.100. The Balaban J connectivity index is 1.72. The van der Waals surface area contributed by atoms with Crippen molar-refractivity contribution in [3.05, 3.63) is 100 Å². The van der Waals surface area contributed by atoms with Crippen LogP contribution in [0.2, 0.25) is 0 Å². The summed E-state index contributed by atoms with van der Waals surface area (Å²) in [6.45, 7) is 2.11. The fourth-order valence-corrected chi connectivity index (χ4v) is 5.73. The molecule has 1 amide bonds. The molecule has 3 atom stereocenters. The number of aromatic hydroxyl groups is 1. The van der Waals surface area contributed by atoms with Gasteiger partial charge in [-0.2, -0.15) is 0 Å². The highest BCUT2D eigenvalue weighted by Crippen LogP contribution is 2.55. The van der Waals surface area contributed by atoms with Gasteiger partial charge in [0.05, 0.1) is 18.7 Å². The Labute approximate surface area is 202 Å². The SMILES string of the molecule is COc1ccc(O)c([C@H]2C3=C(N[C@H](C)CN4C(=O)c5ccccc5[C@]24O)c2ccccc2C3=O)c1. The number of Topliss-reactive ketones (excluding diaryl/α,β-unsaturated/α-hetero) is 1. The first-order valence-corrected chi connectivity index (χ1v) is 11.5. The van der Waals surface area contributed by atoms with Gasteiger partial charge in [0.1, 0.15) is 11.5 Å². The lowest BCUT2D eigenvalue weighted by atomic mass is 9.76. The predicted molar refractivity (Wildman–Crippen MR) is 129 cm³/mol. The summed E-state index contributed by atoms with van der Waals surface area (Å²) in [7, 11) is 1.51. The zero-order chi connectivity index (χ0) is 24.5. The largest absolute Gasteiger partial charge is 0.508 e. The molecule has 176 valence electrons. The van der Waals surface area contributed by atoms with E-state index >= 15 is 0 Å². The first-order valence-electron chi connectivity index (χ1n) is 11.5. The summed E-state index contributed by atoms with van der Waals surface area (Å²) in [5, 5.41) is 27.1. The number of hydrogen-bond acceptors (Lipinski definition) is 6. The van der Waals surface area contributed by atoms with Crippen LogP contribution in [0.3, 0.4) is 0 Å². The molecular weight excluding hydrogens is 444 g/mol. The molecule has 7 heteroatoms. The quantitative estimate of drug-likeness (QED) is 0.533. The van der Waals surface area contributed by atoms with Crippen molar-refractivity contribution in [2.24, 2.45) is 0 Å². The molecule has 3 aromatic carbocycles. The topological polar surface area (TPSA) is 99.1 Å². The molecule has 35 heavy (non-hydrogen) atoms. The molecule has 1 aliphatic carbocycles. The molecule has 3 aromatic rings. The number of benzene rings is 3. The number of carbonyl (C=O) groups excluding carboxylic acids is 2. The molecular formula is C28H24N2O5. The van der Waals surface area contributed by atoms with Crippen LogP contribution in [0, 0.1) is 0 Å². The Kier molecular flexibility index (Phi) is 4.56. The maximum absolute atomic E-state index is 14.0. The predicted octanol–water partition coefficient (Wildman–Crippen LogP) is 3.38. The summed E-state index contributed by atoms with van der Waals surface area (Å²) >= 11 is 0. The Morgan fingerprint density at radius 1 is 1.00 bits per heavy atom. The maximum atomic E-state index is 14.0. The number of phenolic OH excluding ortho intramolecular Hbond substituents is 1. The second-order valence-corrected chi connectivity index (χ2v) is 9.25. The van der Waals surface area contributed by atoms with E-state index in [-0.39, 0.29) is 30.0 Å². The Bertz CT molecular complexity index is 1440. The summed E-state index contributed by atoms with van der Waals surface area (Å²) in [4.78, 5) is 28.9. The minimum absolute atomic E-state index is 0.106. The lowest BCUT2D eigenvalue weighted by Gasteiger charge is -2.44. The van der Waals surface area contributed by atoms with Crippen molar-refractivity contribution < 1.29 is 24.5 Å². The number of methoxy groups -OCH3 is 1. The third-order valence-electron chi connectivity index (χ3n) is 7.25. The van der Waals surface area contributed by atoms with Crippen molar-refractivity contribution >= 4 is 17.4 Å². The van der Waals surface area contributed by atoms with Crippen LogP contribution in [-0.4, -0.2) is 46.5 Å². The second-order valence-electron chi connectivity index (χ2n) is 9.25. The number of fused-ring (bicyclic) bond motifs is 5. The minimum Gasteiger partial charge on any atom is -0.508 e. The van der Waals surface area contributed by atoms with E-state index in [1.807, 2.05) is 19.1 Å². The van der Waals surface area contributed by atoms with Gasteiger partial charge in [-0.1, -0.05) is 42.5 Å². The minimum atomic E-state index is -1.91. The lowest BCUT2D eigenvalue weighted by Crippen LogP contribution is -2.54. The smallest absolute Gasteiger partial charge is 0.256 e. The second kappa shape index (κ2) is 7.45. The summed E-state index contributed by atoms with van der Waals surface area (Å²) in [6, 6.07) is 18.6. The number of ether oxygens (including phenoxy) is 1. The average molecular weight is 469 g/mol. The molecule has 0 bridgehead atoms. The van der Waals surface area contributed by atoms with Crippen LogP contribution < -0.4 is 10.1 Å². The van der Waals surface area contributed by atoms with Crippen molar-refractivity contribution in [1.29, 1.82) is 0 Å². The fraction of sp³-hybridized carbons (Fsp3) is 0.214. The number of nitrogens with one attached hydrogen (secondary N) is 1. The van der Waals surface area contributed by atoms with Gasteiger partial charge in [0.2, 0.25) is 0 Å². The van der Waals surface area contributed by atoms with Gasteiger partial charge in [-0.3, -0.25) is 9.59 Å². The molecule has 2 heterocycles. The van der Waals surface area contributed by atoms with E-state index in [1.165, 1.54) is 18.1 Å². The molecule has 3 aliphatic rings. The molecule has 0 saturated carbocycles. The van der Waals surface area contributed by atoms with E-state index in [0.29, 0.717) is 39.3 Å². The first kappa shape index (κ1) is 21.4. The number of ketones is 1. The molecule has 2 aliphatic heterocycles. The Hall–Kier alpha value is -4.10. The van der Waals surface area contributed by atoms with Gasteiger partial charge in [0, 0.05) is 46.0 Å². The molecule has 0 saturated heterocycles. The van der Waals surface area contributed by atoms with Gasteiger partial charge in [0.25, 0.3) is 5.91 Å². The number of rotatable bonds is 2. The third-order valence-corrected chi connectivity index (χ3v) is 7.25. The molecule has 0 radical (unpaired) electrons. The summed E-state index contributed by atoms with van der Waals surface area (Å²) < 4.78 is 5.42. The summed E-state index contributed by atoms with van der Waals surface area (Å²) in [5.41, 5.74) is 1.33. The zero-order valence-corrected chi connectivity index (χ0v) is 19.3. The fourth-order valence-electron chi connectivity index (χ4n) is 5.73. The van der Waals surface area contributed by atoms with E-state index in [1.54, 1.807) is 48.5 Å². The Morgan fingerprint density at radius 2 is 1.69 bits per heavy atom. The summed E-state index contributed by atoms with van der Waals surface area (Å²) in [6.07, 6.45) is 0. The van der Waals surface area contributed by atoms with Gasteiger partial charge in [0.15, 0.2) is 11.5 Å². The zero-order valence-electron chi connectivity index (χ0n) is 19.3. The first-order chi connectivity index (χ1) is 16.9. The van der Waals surface area contributed by atoms with Crippen LogP contribution >= 0.6 is 0 Å². The van der Waals surface area contributed by atoms with E-state index in [0.717, 1.165) is 5.56 Å². The van der Waals surface area contributed by atoms with Crippen molar-refractivity contribution in [3.63, 3.8) is 0 Å². The standard InChI is InChI=1S/C28H24N2O5/c1-15-14-30-27(33)19-9-5-6-10-21(19)28(30,34)24(20-13-16(35-2)11-12-22(20)31)23-25(29-15)17-7-3-4-8-18(17)26(23)32/h3-13,15,24,29,31,34H,14H2,1-2H3/t15-,24+,28+/m1/s1. The number of carbonyl (C=O) groups is 2. The monoisotopic (exact) mass is 468 g/mol. The number of aliphatic hydroxyl groups is 1. The number of nitrogens with zero attached hydrogens (tertiary/aromatic N) is 1. The van der Waals surface area contributed by atoms with Crippen molar-refractivity contribution in [1.82, 2.24) is 10.2 Å². The molecule has 3 N–H and O–H groups in total. The highest BCUT2D eigenvalue weighted by atomic mass is 16.5. The van der Waals surface area contributed by atoms with Crippen LogP contribution in [0.15, 0.2) is 72.3 Å². The Morgan fingerprint density at radius 3 is 2.43 bits per heavy atom. The van der Waals surface area contributed by atoms with Gasteiger partial charge < -0.3 is 25.2 Å². The van der Waals surface area contributed by atoms with E-state index in [9.17, 15) is 19.8 Å². The van der Waals surface area contributed by atoms with Crippen LogP contribution in [0.1, 0.15) is 50.2 Å². The van der Waals surface area contributed by atoms with E-state index < -0.39 is 11.6 Å². The molecule has 0 aromatic heterocycles. The number of amides is 1. The van der Waals surface area contributed by atoms with Crippen LogP contribution in [0.25, 0.3) is 5.70 Å². The van der Waals surface area contributed by atoms with Crippen molar-refractivity contribution in [2.45, 2.75) is 24.6 Å². The van der Waals surface area contributed by atoms with E-state index in [2.05, 4.69) is 5.32 Å². The van der Waals surface area contributed by atoms with Gasteiger partial charge >= 0.3 is 0 Å². The van der Waals surface area contributed by atoms with Gasteiger partial charge in [-0.15, -0.1) is 0 Å². The van der Waals surface area contributed by atoms with Crippen molar-refractivity contribution in [3.8, 4) is 11.5 Å². The normalized spacial score (nSPS) is 24.7. The van der Waals surface area contributed by atoms with Gasteiger partial charge in [-0.25, -0.2) is 0 Å². The van der Waals surface area contributed by atoms with Crippen LogP contribution in [-0.2, 0) is 5.72 Å². The van der Waals surface area contributed by atoms with Crippen LogP contribution in [0.5, 0.6) is 11.5 Å².